The van der Waals surface area contributed by atoms with Gasteiger partial charge in [0.2, 0.25) is 11.8 Å². The number of aryl methyl sites for hydroxylation is 2. The van der Waals surface area contributed by atoms with Crippen LogP contribution in [-0.2, 0) is 16.0 Å². The molecule has 0 fully saturated rings. The lowest BCUT2D eigenvalue weighted by atomic mass is 10.1. The molecule has 0 saturated heterocycles. The van der Waals surface area contributed by atoms with Crippen LogP contribution in [-0.4, -0.2) is 17.5 Å². The topological polar surface area (TPSA) is 70.6 Å². The van der Waals surface area contributed by atoms with E-state index in [-0.39, 0.29) is 24.7 Å². The number of nitrogens with zero attached hydrogens (tertiary/aromatic N) is 1. The largest absolute Gasteiger partial charge is 0.326 e. The van der Waals surface area contributed by atoms with Gasteiger partial charge in [0.05, 0.1) is 0 Å². The number of amides is 2. The van der Waals surface area contributed by atoms with E-state index in [1.165, 1.54) is 5.56 Å². The molecule has 5 heteroatoms. The standard InChI is InChI=1S/C21H25N3O2/c1-16-8-12-19(13-9-16)22-20(25)14-15-21(26)24-23-17(2)10-11-18-6-4-3-5-7-18/h3-9,12-13H,10-11,14-15H2,1-2H3,(H,22,25)(H,24,26)/b23-17+. The third-order valence-corrected chi connectivity index (χ3v) is 3.90. The molecular formula is C21H25N3O2. The zero-order valence-corrected chi connectivity index (χ0v) is 15.3. The van der Waals surface area contributed by atoms with Gasteiger partial charge in [0, 0.05) is 24.2 Å². The summed E-state index contributed by atoms with van der Waals surface area (Å²) in [6, 6.07) is 17.7. The van der Waals surface area contributed by atoms with Gasteiger partial charge in [-0.3, -0.25) is 9.59 Å². The van der Waals surface area contributed by atoms with E-state index in [0.29, 0.717) is 0 Å². The fourth-order valence-corrected chi connectivity index (χ4v) is 2.33. The number of anilines is 1. The van der Waals surface area contributed by atoms with Crippen molar-refractivity contribution in [1.82, 2.24) is 5.43 Å². The van der Waals surface area contributed by atoms with Gasteiger partial charge in [-0.15, -0.1) is 0 Å². The maximum Gasteiger partial charge on any atom is 0.240 e. The van der Waals surface area contributed by atoms with Gasteiger partial charge in [0.1, 0.15) is 0 Å². The van der Waals surface area contributed by atoms with Gasteiger partial charge in [0.25, 0.3) is 0 Å². The Balaban J connectivity index is 1.67. The van der Waals surface area contributed by atoms with Crippen LogP contribution in [0.4, 0.5) is 5.69 Å². The minimum atomic E-state index is -0.261. The van der Waals surface area contributed by atoms with Crippen LogP contribution in [0.3, 0.4) is 0 Å². The fourth-order valence-electron chi connectivity index (χ4n) is 2.33. The first-order chi connectivity index (χ1) is 12.5. The highest BCUT2D eigenvalue weighted by Crippen LogP contribution is 2.09. The second kappa shape index (κ2) is 10.1. The Kier molecular flexibility index (Phi) is 7.55. The van der Waals surface area contributed by atoms with Crippen molar-refractivity contribution in [1.29, 1.82) is 0 Å². The van der Waals surface area contributed by atoms with E-state index in [1.807, 2.05) is 56.3 Å². The van der Waals surface area contributed by atoms with Gasteiger partial charge in [-0.1, -0.05) is 48.0 Å². The number of carbonyl (C=O) groups is 2. The SMILES string of the molecule is C/C(CCc1ccccc1)=N\NC(=O)CCC(=O)Nc1ccc(C)cc1. The molecule has 2 aromatic carbocycles. The molecule has 0 aliphatic heterocycles. The average Bonchev–Trinajstić information content (AvgIpc) is 2.65. The lowest BCUT2D eigenvalue weighted by Gasteiger charge is -2.06. The summed E-state index contributed by atoms with van der Waals surface area (Å²) in [5.74, 6) is -0.447. The molecular weight excluding hydrogens is 326 g/mol. The summed E-state index contributed by atoms with van der Waals surface area (Å²) in [5.41, 5.74) is 6.46. The lowest BCUT2D eigenvalue weighted by Crippen LogP contribution is -2.21. The van der Waals surface area contributed by atoms with Crippen LogP contribution in [0.5, 0.6) is 0 Å². The minimum Gasteiger partial charge on any atom is -0.326 e. The number of hydrogen-bond donors (Lipinski definition) is 2. The summed E-state index contributed by atoms with van der Waals surface area (Å²) in [6.07, 6.45) is 1.88. The molecule has 2 amide bonds. The molecule has 5 nitrogen and oxygen atoms in total. The van der Waals surface area contributed by atoms with Gasteiger partial charge in [-0.05, 0) is 44.4 Å². The number of hydrogen-bond acceptors (Lipinski definition) is 3. The molecule has 0 atom stereocenters. The van der Waals surface area contributed by atoms with Gasteiger partial charge in [-0.2, -0.15) is 5.10 Å². The molecule has 0 aliphatic carbocycles. The first kappa shape index (κ1) is 19.4. The van der Waals surface area contributed by atoms with Crippen molar-refractivity contribution in [2.24, 2.45) is 5.10 Å². The zero-order chi connectivity index (χ0) is 18.8. The van der Waals surface area contributed by atoms with Gasteiger partial charge in [-0.25, -0.2) is 5.43 Å². The van der Waals surface area contributed by atoms with Crippen LogP contribution in [0, 0.1) is 6.92 Å². The van der Waals surface area contributed by atoms with Crippen LogP contribution < -0.4 is 10.7 Å². The Labute approximate surface area is 154 Å². The molecule has 0 saturated carbocycles. The van der Waals surface area contributed by atoms with Gasteiger partial charge in [0.15, 0.2) is 0 Å². The van der Waals surface area contributed by atoms with Crippen LogP contribution in [0.25, 0.3) is 0 Å². The number of nitrogens with one attached hydrogen (secondary N) is 2. The summed E-state index contributed by atoms with van der Waals surface area (Å²) < 4.78 is 0. The molecule has 2 rings (SSSR count). The summed E-state index contributed by atoms with van der Waals surface area (Å²) in [7, 11) is 0. The maximum absolute atomic E-state index is 11.9. The summed E-state index contributed by atoms with van der Waals surface area (Å²) in [5, 5.41) is 6.87. The van der Waals surface area contributed by atoms with E-state index < -0.39 is 0 Å². The molecule has 2 N–H and O–H groups in total. The lowest BCUT2D eigenvalue weighted by molar-refractivity contribution is -0.124. The number of carbonyl (C=O) groups excluding carboxylic acids is 2. The van der Waals surface area contributed by atoms with Crippen molar-refractivity contribution < 1.29 is 9.59 Å². The van der Waals surface area contributed by atoms with Gasteiger partial charge >= 0.3 is 0 Å². The molecule has 0 unspecified atom stereocenters. The molecule has 0 spiro atoms. The Morgan fingerprint density at radius 3 is 2.23 bits per heavy atom. The van der Waals surface area contributed by atoms with E-state index >= 15 is 0 Å². The van der Waals surface area contributed by atoms with Crippen LogP contribution in [0.1, 0.15) is 37.3 Å². The third kappa shape index (κ3) is 7.30. The van der Waals surface area contributed by atoms with E-state index in [2.05, 4.69) is 28.0 Å². The summed E-state index contributed by atoms with van der Waals surface area (Å²) >= 11 is 0. The quantitative estimate of drug-likeness (QED) is 0.560. The molecule has 0 aromatic heterocycles. The highest BCUT2D eigenvalue weighted by Gasteiger charge is 2.07. The molecule has 26 heavy (non-hydrogen) atoms. The van der Waals surface area contributed by atoms with E-state index in [0.717, 1.165) is 29.8 Å². The Morgan fingerprint density at radius 1 is 0.885 bits per heavy atom. The van der Waals surface area contributed by atoms with Crippen LogP contribution in [0.2, 0.25) is 0 Å². The second-order valence-electron chi connectivity index (χ2n) is 6.28. The predicted octanol–water partition coefficient (Wildman–Crippen LogP) is 3.84. The van der Waals surface area contributed by atoms with Crippen molar-refractivity contribution in [3.8, 4) is 0 Å². The van der Waals surface area contributed by atoms with Crippen LogP contribution in [0.15, 0.2) is 59.7 Å². The van der Waals surface area contributed by atoms with Crippen LogP contribution >= 0.6 is 0 Å². The Bertz CT molecular complexity index is 753. The van der Waals surface area contributed by atoms with E-state index in [1.54, 1.807) is 0 Å². The van der Waals surface area contributed by atoms with Gasteiger partial charge < -0.3 is 5.32 Å². The highest BCUT2D eigenvalue weighted by atomic mass is 16.2. The fraction of sp³-hybridized carbons (Fsp3) is 0.286. The normalized spacial score (nSPS) is 11.1. The molecule has 0 heterocycles. The monoisotopic (exact) mass is 351 g/mol. The Morgan fingerprint density at radius 2 is 1.54 bits per heavy atom. The second-order valence-corrected chi connectivity index (χ2v) is 6.28. The van der Waals surface area contributed by atoms with Crippen molar-refractivity contribution in [2.45, 2.75) is 39.5 Å². The predicted molar refractivity (Wildman–Crippen MR) is 105 cm³/mol. The average molecular weight is 351 g/mol. The first-order valence-electron chi connectivity index (χ1n) is 8.75. The zero-order valence-electron chi connectivity index (χ0n) is 15.3. The molecule has 0 radical (unpaired) electrons. The summed E-state index contributed by atoms with van der Waals surface area (Å²) in [4.78, 5) is 23.7. The molecule has 2 aromatic rings. The van der Waals surface area contributed by atoms with Crippen molar-refractivity contribution in [3.05, 3.63) is 65.7 Å². The number of rotatable bonds is 8. The Hall–Kier alpha value is -2.95. The van der Waals surface area contributed by atoms with E-state index in [4.69, 9.17) is 0 Å². The smallest absolute Gasteiger partial charge is 0.240 e. The number of hydrazone groups is 1. The third-order valence-electron chi connectivity index (χ3n) is 3.90. The molecule has 0 aliphatic rings. The summed E-state index contributed by atoms with van der Waals surface area (Å²) in [6.45, 7) is 3.87. The highest BCUT2D eigenvalue weighted by molar-refractivity contribution is 5.93. The molecule has 136 valence electrons. The van der Waals surface area contributed by atoms with Crippen molar-refractivity contribution in [2.75, 3.05) is 5.32 Å². The molecule has 0 bridgehead atoms. The number of benzene rings is 2. The minimum absolute atomic E-state index is 0.104. The van der Waals surface area contributed by atoms with Crippen molar-refractivity contribution in [3.63, 3.8) is 0 Å². The van der Waals surface area contributed by atoms with E-state index in [9.17, 15) is 9.59 Å². The van der Waals surface area contributed by atoms with Crippen molar-refractivity contribution >= 4 is 23.2 Å². The first-order valence-corrected chi connectivity index (χ1v) is 8.75. The maximum atomic E-state index is 11.9.